The Hall–Kier alpha value is -4.41. The molecule has 0 radical (unpaired) electrons. The first-order chi connectivity index (χ1) is 22.2. The molecule has 2 aliphatic heterocycles. The number of hydrogen-bond acceptors (Lipinski definition) is 10. The largest absolute Gasteiger partial charge is 0.473 e. The molecule has 2 aliphatic rings. The van der Waals surface area contributed by atoms with E-state index in [1.54, 1.807) is 24.3 Å². The molecule has 0 saturated carbocycles. The summed E-state index contributed by atoms with van der Waals surface area (Å²) in [7, 11) is 0. The Morgan fingerprint density at radius 3 is 2.57 bits per heavy atom. The second-order valence-electron chi connectivity index (χ2n) is 11.0. The summed E-state index contributed by atoms with van der Waals surface area (Å²) in [6, 6.07) is 11.5. The van der Waals surface area contributed by atoms with Crippen LogP contribution in [0.1, 0.15) is 23.6 Å². The molecule has 1 unspecified atom stereocenters. The molecule has 0 spiro atoms. The number of halogens is 5. The number of hydrogen-bond donors (Lipinski definition) is 1. The summed E-state index contributed by atoms with van der Waals surface area (Å²) >= 11 is 5.84. The molecule has 46 heavy (non-hydrogen) atoms. The third-order valence-corrected chi connectivity index (χ3v) is 8.13. The van der Waals surface area contributed by atoms with Gasteiger partial charge in [-0.15, -0.1) is 10.2 Å². The van der Waals surface area contributed by atoms with Crippen LogP contribution in [0, 0.1) is 5.82 Å². The van der Waals surface area contributed by atoms with E-state index < -0.39 is 17.8 Å². The van der Waals surface area contributed by atoms with Crippen LogP contribution in [0.15, 0.2) is 42.5 Å². The van der Waals surface area contributed by atoms with Crippen LogP contribution in [0.3, 0.4) is 0 Å². The van der Waals surface area contributed by atoms with Crippen molar-refractivity contribution in [3.63, 3.8) is 0 Å². The molecule has 1 aromatic carbocycles. The van der Waals surface area contributed by atoms with E-state index in [2.05, 4.69) is 35.1 Å². The zero-order chi connectivity index (χ0) is 31.8. The number of aromatic amines is 1. The minimum Gasteiger partial charge on any atom is -0.473 e. The summed E-state index contributed by atoms with van der Waals surface area (Å²) in [6.45, 7) is 4.62. The van der Waals surface area contributed by atoms with Gasteiger partial charge >= 0.3 is 6.18 Å². The molecule has 240 valence electrons. The minimum atomic E-state index is -4.66. The summed E-state index contributed by atoms with van der Waals surface area (Å²) in [5.74, 6) is 0.0404. The highest BCUT2D eigenvalue weighted by molar-refractivity contribution is 6.30. The highest BCUT2D eigenvalue weighted by Crippen LogP contribution is 2.28. The Morgan fingerprint density at radius 1 is 1.02 bits per heavy atom. The molecule has 2 saturated heterocycles. The van der Waals surface area contributed by atoms with E-state index >= 15 is 0 Å². The topological polar surface area (TPSA) is 123 Å². The maximum Gasteiger partial charge on any atom is 0.451 e. The summed E-state index contributed by atoms with van der Waals surface area (Å²) in [4.78, 5) is 17.4. The molecule has 4 aromatic heterocycles. The molecule has 0 aliphatic carbocycles. The van der Waals surface area contributed by atoms with E-state index in [0.29, 0.717) is 60.4 Å². The molecule has 0 amide bonds. The Balaban J connectivity index is 1.03. The van der Waals surface area contributed by atoms with Crippen LogP contribution in [-0.4, -0.2) is 83.7 Å². The average Bonchev–Trinajstić information content (AvgIpc) is 3.64. The van der Waals surface area contributed by atoms with Crippen LogP contribution < -0.4 is 9.64 Å². The number of piperazine rings is 1. The predicted octanol–water partition coefficient (Wildman–Crippen LogP) is 4.51. The average molecular weight is 659 g/mol. The number of anilines is 1. The van der Waals surface area contributed by atoms with Gasteiger partial charge in [0.2, 0.25) is 17.5 Å². The highest BCUT2D eigenvalue weighted by Gasteiger charge is 2.35. The maximum atomic E-state index is 14.2. The minimum absolute atomic E-state index is 0.0218. The first-order valence-electron chi connectivity index (χ1n) is 14.5. The van der Waals surface area contributed by atoms with Gasteiger partial charge in [0.15, 0.2) is 5.65 Å². The number of alkyl halides is 3. The van der Waals surface area contributed by atoms with Crippen molar-refractivity contribution in [3.05, 3.63) is 70.5 Å². The number of H-pyrrole nitrogens is 1. The fraction of sp³-hybridized carbons (Fsp3) is 0.379. The number of aromatic nitrogens is 8. The molecule has 1 atom stereocenters. The number of nitrogens with zero attached hydrogens (tertiary/aromatic N) is 9. The first kappa shape index (κ1) is 30.3. The van der Waals surface area contributed by atoms with Crippen molar-refractivity contribution < 1.29 is 27.0 Å². The monoisotopic (exact) mass is 658 g/mol. The number of ether oxygens (including phenoxy) is 2. The fourth-order valence-corrected chi connectivity index (χ4v) is 5.47. The number of nitrogens with one attached hydrogen (secondary N) is 1. The number of imidazole rings is 1. The molecule has 5 aromatic rings. The molecular weight excluding hydrogens is 632 g/mol. The van der Waals surface area contributed by atoms with Gasteiger partial charge in [-0.25, -0.2) is 14.4 Å². The van der Waals surface area contributed by atoms with Crippen LogP contribution >= 0.6 is 11.6 Å². The second-order valence-corrected chi connectivity index (χ2v) is 11.4. The van der Waals surface area contributed by atoms with Crippen molar-refractivity contribution in [2.45, 2.75) is 38.4 Å². The number of benzene rings is 1. The van der Waals surface area contributed by atoms with Crippen LogP contribution in [-0.2, 0) is 30.6 Å². The Kier molecular flexibility index (Phi) is 8.16. The molecular formula is C29H27ClF4N10O2. The van der Waals surface area contributed by atoms with Gasteiger partial charge in [-0.3, -0.25) is 10.00 Å². The zero-order valence-corrected chi connectivity index (χ0v) is 25.0. The molecule has 12 nitrogen and oxygen atoms in total. The van der Waals surface area contributed by atoms with Crippen LogP contribution in [0.4, 0.5) is 23.4 Å². The number of rotatable bonds is 9. The summed E-state index contributed by atoms with van der Waals surface area (Å²) in [6.07, 6.45) is -3.73. The van der Waals surface area contributed by atoms with E-state index in [1.807, 2.05) is 21.8 Å². The van der Waals surface area contributed by atoms with Gasteiger partial charge in [0.25, 0.3) is 0 Å². The van der Waals surface area contributed by atoms with E-state index in [1.165, 1.54) is 6.07 Å². The van der Waals surface area contributed by atoms with E-state index in [9.17, 15) is 17.6 Å². The van der Waals surface area contributed by atoms with E-state index in [4.69, 9.17) is 26.1 Å². The lowest BCUT2D eigenvalue weighted by Crippen LogP contribution is -2.46. The van der Waals surface area contributed by atoms with Crippen molar-refractivity contribution in [2.24, 2.45) is 0 Å². The third-order valence-electron chi connectivity index (χ3n) is 7.90. The van der Waals surface area contributed by atoms with Crippen molar-refractivity contribution in [1.29, 1.82) is 0 Å². The van der Waals surface area contributed by atoms with Gasteiger partial charge in [0.05, 0.1) is 19.2 Å². The SMILES string of the molecule is Fc1cc(Cl)ccc1COc1cccc(N2CCN(Cc3nc4cc(-c5n[nH]c(C(F)(F)F)n5)nnc4n3CC3CCO3)CC2)n1. The van der Waals surface area contributed by atoms with Crippen molar-refractivity contribution in [3.8, 4) is 17.4 Å². The summed E-state index contributed by atoms with van der Waals surface area (Å²) in [5, 5.41) is 14.3. The smallest absolute Gasteiger partial charge is 0.451 e. The van der Waals surface area contributed by atoms with Gasteiger partial charge in [0.1, 0.15) is 35.3 Å². The van der Waals surface area contributed by atoms with Crippen LogP contribution in [0.25, 0.3) is 22.7 Å². The zero-order valence-electron chi connectivity index (χ0n) is 24.2. The molecule has 7 rings (SSSR count). The molecule has 2 fully saturated rings. The normalized spacial score (nSPS) is 17.4. The van der Waals surface area contributed by atoms with Crippen molar-refractivity contribution in [2.75, 3.05) is 37.7 Å². The molecule has 1 N–H and O–H groups in total. The van der Waals surface area contributed by atoms with Gasteiger partial charge < -0.3 is 18.9 Å². The van der Waals surface area contributed by atoms with Gasteiger partial charge in [0, 0.05) is 49.4 Å². The van der Waals surface area contributed by atoms with E-state index in [0.717, 1.165) is 31.2 Å². The lowest BCUT2D eigenvalue weighted by molar-refractivity contribution is -0.144. The van der Waals surface area contributed by atoms with Crippen LogP contribution in [0.5, 0.6) is 5.88 Å². The van der Waals surface area contributed by atoms with Gasteiger partial charge in [-0.2, -0.15) is 23.3 Å². The number of fused-ring (bicyclic) bond motifs is 1. The quantitative estimate of drug-likeness (QED) is 0.226. The molecule has 17 heteroatoms. The summed E-state index contributed by atoms with van der Waals surface area (Å²) < 4.78 is 66.6. The second kappa shape index (κ2) is 12.4. The highest BCUT2D eigenvalue weighted by atomic mass is 35.5. The molecule has 0 bridgehead atoms. The predicted molar refractivity (Wildman–Crippen MR) is 158 cm³/mol. The lowest BCUT2D eigenvalue weighted by atomic mass is 10.2. The standard InChI is InChI=1S/C29H27ClF4N10O2/c30-18-5-4-17(20(31)12-18)16-46-25-3-1-2-23(36-25)43-9-7-42(8-10-43)15-24-35-22-13-21(26-37-28(41-39-26)29(32,33)34)38-40-27(22)44(24)14-19-6-11-45-19/h1-5,12-13,19H,6-11,14-16H2,(H,37,39,41). The van der Waals surface area contributed by atoms with E-state index in [-0.39, 0.29) is 24.2 Å². The Bertz CT molecular complexity index is 1850. The lowest BCUT2D eigenvalue weighted by Gasteiger charge is -2.35. The van der Waals surface area contributed by atoms with Crippen LogP contribution in [0.2, 0.25) is 5.02 Å². The third kappa shape index (κ3) is 6.45. The van der Waals surface area contributed by atoms with Crippen molar-refractivity contribution in [1.82, 2.24) is 44.8 Å². The number of pyridine rings is 1. The maximum absolute atomic E-state index is 14.2. The molecule has 6 heterocycles. The van der Waals surface area contributed by atoms with Crippen molar-refractivity contribution >= 4 is 28.6 Å². The van der Waals surface area contributed by atoms with Gasteiger partial charge in [-0.1, -0.05) is 23.7 Å². The first-order valence-corrected chi connectivity index (χ1v) is 14.9. The Morgan fingerprint density at radius 2 is 1.85 bits per heavy atom. The van der Waals surface area contributed by atoms with Gasteiger partial charge in [-0.05, 0) is 30.7 Å². The Labute approximate surface area is 264 Å². The fourth-order valence-electron chi connectivity index (χ4n) is 5.31. The summed E-state index contributed by atoms with van der Waals surface area (Å²) in [5.41, 5.74) is 1.46.